The van der Waals surface area contributed by atoms with Crippen LogP contribution in [0.2, 0.25) is 0 Å². The fraction of sp³-hybridized carbons (Fsp3) is 0.688. The standard InChI is InChI=1S/C16H27N5O/c1-3-13-10-15(19-11-18-13)21-8-6-14(7-9-21)20-16(22)5-4-12(2)17/h10-12,14H,3-9,17H2,1-2H3,(H,20,22). The zero-order chi connectivity index (χ0) is 15.9. The fourth-order valence-electron chi connectivity index (χ4n) is 2.66. The summed E-state index contributed by atoms with van der Waals surface area (Å²) in [4.78, 5) is 22.7. The first kappa shape index (κ1) is 16.7. The van der Waals surface area contributed by atoms with Gasteiger partial charge in [0.15, 0.2) is 0 Å². The van der Waals surface area contributed by atoms with Crippen LogP contribution in [0.3, 0.4) is 0 Å². The van der Waals surface area contributed by atoms with Crippen molar-refractivity contribution in [1.29, 1.82) is 0 Å². The van der Waals surface area contributed by atoms with Crippen LogP contribution in [0.4, 0.5) is 5.82 Å². The van der Waals surface area contributed by atoms with Crippen LogP contribution in [0.5, 0.6) is 0 Å². The molecule has 1 fully saturated rings. The number of piperidine rings is 1. The zero-order valence-corrected chi connectivity index (χ0v) is 13.6. The predicted molar refractivity (Wildman–Crippen MR) is 87.7 cm³/mol. The Morgan fingerprint density at radius 1 is 1.45 bits per heavy atom. The number of aryl methyl sites for hydroxylation is 1. The van der Waals surface area contributed by atoms with E-state index in [-0.39, 0.29) is 18.0 Å². The Morgan fingerprint density at radius 3 is 2.82 bits per heavy atom. The largest absolute Gasteiger partial charge is 0.356 e. The van der Waals surface area contributed by atoms with Crippen LogP contribution < -0.4 is 16.0 Å². The molecule has 0 aliphatic carbocycles. The average Bonchev–Trinajstić information content (AvgIpc) is 2.54. The molecule has 1 aliphatic rings. The topological polar surface area (TPSA) is 84.1 Å². The van der Waals surface area contributed by atoms with Gasteiger partial charge in [-0.1, -0.05) is 6.92 Å². The summed E-state index contributed by atoms with van der Waals surface area (Å²) in [5.74, 6) is 1.11. The van der Waals surface area contributed by atoms with E-state index in [0.717, 1.165) is 50.3 Å². The van der Waals surface area contributed by atoms with Crippen molar-refractivity contribution in [3.05, 3.63) is 18.1 Å². The quantitative estimate of drug-likeness (QED) is 0.826. The van der Waals surface area contributed by atoms with Crippen molar-refractivity contribution in [3.63, 3.8) is 0 Å². The highest BCUT2D eigenvalue weighted by Crippen LogP contribution is 2.18. The van der Waals surface area contributed by atoms with Crippen LogP contribution in [0.25, 0.3) is 0 Å². The SMILES string of the molecule is CCc1cc(N2CCC(NC(=O)CCC(C)N)CC2)ncn1. The Kier molecular flexibility index (Phi) is 6.12. The van der Waals surface area contributed by atoms with E-state index in [0.29, 0.717) is 6.42 Å². The van der Waals surface area contributed by atoms with E-state index in [9.17, 15) is 4.79 Å². The zero-order valence-electron chi connectivity index (χ0n) is 13.6. The number of aromatic nitrogens is 2. The summed E-state index contributed by atoms with van der Waals surface area (Å²) >= 11 is 0. The van der Waals surface area contributed by atoms with Crippen molar-refractivity contribution in [1.82, 2.24) is 15.3 Å². The van der Waals surface area contributed by atoms with Crippen molar-refractivity contribution in [2.75, 3.05) is 18.0 Å². The average molecular weight is 305 g/mol. The molecule has 1 aromatic heterocycles. The highest BCUT2D eigenvalue weighted by molar-refractivity contribution is 5.76. The van der Waals surface area contributed by atoms with Crippen molar-refractivity contribution < 1.29 is 4.79 Å². The minimum absolute atomic E-state index is 0.0816. The second kappa shape index (κ2) is 8.08. The van der Waals surface area contributed by atoms with Crippen molar-refractivity contribution in [2.45, 2.75) is 58.0 Å². The summed E-state index contributed by atoms with van der Waals surface area (Å²) in [5, 5.41) is 3.11. The van der Waals surface area contributed by atoms with E-state index < -0.39 is 0 Å². The van der Waals surface area contributed by atoms with E-state index in [4.69, 9.17) is 5.73 Å². The molecule has 2 heterocycles. The fourth-order valence-corrected chi connectivity index (χ4v) is 2.66. The monoisotopic (exact) mass is 305 g/mol. The lowest BCUT2D eigenvalue weighted by Crippen LogP contribution is -2.45. The number of hydrogen-bond acceptors (Lipinski definition) is 5. The number of rotatable bonds is 6. The maximum absolute atomic E-state index is 11.8. The van der Waals surface area contributed by atoms with Crippen LogP contribution in [0.1, 0.15) is 45.2 Å². The van der Waals surface area contributed by atoms with Crippen LogP contribution in [-0.2, 0) is 11.2 Å². The predicted octanol–water partition coefficient (Wildman–Crippen LogP) is 1.25. The lowest BCUT2D eigenvalue weighted by atomic mass is 10.0. The molecule has 0 aromatic carbocycles. The Bertz CT molecular complexity index is 483. The lowest BCUT2D eigenvalue weighted by molar-refractivity contribution is -0.122. The second-order valence-electron chi connectivity index (χ2n) is 6.07. The molecule has 0 spiro atoms. The Balaban J connectivity index is 1.79. The summed E-state index contributed by atoms with van der Waals surface area (Å²) in [6.45, 7) is 5.85. The number of nitrogens with one attached hydrogen (secondary N) is 1. The third kappa shape index (κ3) is 4.94. The number of carbonyl (C=O) groups is 1. The van der Waals surface area contributed by atoms with Gasteiger partial charge in [-0.2, -0.15) is 0 Å². The molecule has 1 unspecified atom stereocenters. The minimum atomic E-state index is 0.0816. The van der Waals surface area contributed by atoms with Crippen molar-refractivity contribution >= 4 is 11.7 Å². The molecule has 1 saturated heterocycles. The van der Waals surface area contributed by atoms with Gasteiger partial charge in [0.25, 0.3) is 0 Å². The van der Waals surface area contributed by atoms with Crippen LogP contribution >= 0.6 is 0 Å². The van der Waals surface area contributed by atoms with Crippen LogP contribution in [0.15, 0.2) is 12.4 Å². The highest BCUT2D eigenvalue weighted by Gasteiger charge is 2.21. The van der Waals surface area contributed by atoms with Gasteiger partial charge in [-0.05, 0) is 32.6 Å². The molecule has 0 bridgehead atoms. The van der Waals surface area contributed by atoms with Crippen LogP contribution in [0, 0.1) is 0 Å². The van der Waals surface area contributed by atoms with Gasteiger partial charge in [0.1, 0.15) is 12.1 Å². The van der Waals surface area contributed by atoms with Gasteiger partial charge in [0, 0.05) is 43.4 Å². The molecule has 122 valence electrons. The molecule has 0 saturated carbocycles. The lowest BCUT2D eigenvalue weighted by Gasteiger charge is -2.33. The van der Waals surface area contributed by atoms with E-state index in [1.54, 1.807) is 6.33 Å². The first-order valence-corrected chi connectivity index (χ1v) is 8.19. The maximum atomic E-state index is 11.8. The van der Waals surface area contributed by atoms with Gasteiger partial charge >= 0.3 is 0 Å². The molecule has 22 heavy (non-hydrogen) atoms. The highest BCUT2D eigenvalue weighted by atomic mass is 16.1. The number of carbonyl (C=O) groups excluding carboxylic acids is 1. The van der Waals surface area contributed by atoms with Gasteiger partial charge in [0.2, 0.25) is 5.91 Å². The molecule has 0 radical (unpaired) electrons. The van der Waals surface area contributed by atoms with E-state index in [1.165, 1.54) is 0 Å². The minimum Gasteiger partial charge on any atom is -0.356 e. The third-order valence-electron chi connectivity index (χ3n) is 4.08. The van der Waals surface area contributed by atoms with E-state index in [1.807, 2.05) is 6.92 Å². The van der Waals surface area contributed by atoms with Crippen molar-refractivity contribution in [3.8, 4) is 0 Å². The molecule has 1 atom stereocenters. The van der Waals surface area contributed by atoms with Gasteiger partial charge in [-0.15, -0.1) is 0 Å². The van der Waals surface area contributed by atoms with E-state index in [2.05, 4.69) is 33.2 Å². The maximum Gasteiger partial charge on any atom is 0.220 e. The van der Waals surface area contributed by atoms with E-state index >= 15 is 0 Å². The van der Waals surface area contributed by atoms with Gasteiger partial charge < -0.3 is 16.0 Å². The molecule has 1 aliphatic heterocycles. The number of nitrogens with two attached hydrogens (primary N) is 1. The molecule has 6 heteroatoms. The number of nitrogens with zero attached hydrogens (tertiary/aromatic N) is 3. The molecular formula is C16H27N5O. The summed E-state index contributed by atoms with van der Waals surface area (Å²) in [7, 11) is 0. The molecule has 1 amide bonds. The molecule has 6 nitrogen and oxygen atoms in total. The first-order chi connectivity index (χ1) is 10.6. The van der Waals surface area contributed by atoms with Crippen LogP contribution in [-0.4, -0.2) is 41.0 Å². The number of hydrogen-bond donors (Lipinski definition) is 2. The van der Waals surface area contributed by atoms with Crippen molar-refractivity contribution in [2.24, 2.45) is 5.73 Å². The summed E-state index contributed by atoms with van der Waals surface area (Å²) in [6.07, 6.45) is 5.72. The van der Waals surface area contributed by atoms with Gasteiger partial charge in [0.05, 0.1) is 0 Å². The summed E-state index contributed by atoms with van der Waals surface area (Å²) in [5.41, 5.74) is 6.75. The molecule has 2 rings (SSSR count). The normalized spacial score (nSPS) is 17.3. The Morgan fingerprint density at radius 2 is 2.18 bits per heavy atom. The smallest absolute Gasteiger partial charge is 0.220 e. The Labute approximate surface area is 132 Å². The first-order valence-electron chi connectivity index (χ1n) is 8.19. The number of anilines is 1. The third-order valence-corrected chi connectivity index (χ3v) is 4.08. The number of amides is 1. The summed E-state index contributed by atoms with van der Waals surface area (Å²) < 4.78 is 0. The second-order valence-corrected chi connectivity index (χ2v) is 6.07. The molecule has 3 N–H and O–H groups in total. The molecular weight excluding hydrogens is 278 g/mol. The van der Waals surface area contributed by atoms with Gasteiger partial charge in [-0.3, -0.25) is 4.79 Å². The molecule has 1 aromatic rings. The van der Waals surface area contributed by atoms with Gasteiger partial charge in [-0.25, -0.2) is 9.97 Å². The Hall–Kier alpha value is -1.69. The summed E-state index contributed by atoms with van der Waals surface area (Å²) in [6, 6.07) is 2.41.